The second-order valence-electron chi connectivity index (χ2n) is 9.93. The van der Waals surface area contributed by atoms with Gasteiger partial charge in [0, 0.05) is 61.6 Å². The number of nitrogens with zero attached hydrogens (tertiary/aromatic N) is 8. The predicted molar refractivity (Wildman–Crippen MR) is 122 cm³/mol. The first-order valence-electron chi connectivity index (χ1n) is 11.3. The molecule has 3 fully saturated rings. The van der Waals surface area contributed by atoms with E-state index in [1.807, 2.05) is 25.4 Å². The van der Waals surface area contributed by atoms with Crippen LogP contribution in [0.3, 0.4) is 0 Å². The number of halogens is 1. The molecule has 9 heteroatoms. The largest absolute Gasteiger partial charge is 0.339 e. The van der Waals surface area contributed by atoms with E-state index in [2.05, 4.69) is 51.6 Å². The zero-order chi connectivity index (χ0) is 21.4. The molecule has 0 atom stereocenters. The minimum Gasteiger partial charge on any atom is -0.339 e. The molecule has 2 aromatic heterocycles. The highest BCUT2D eigenvalue weighted by molar-refractivity contribution is 6.30. The fourth-order valence-electron chi connectivity index (χ4n) is 5.47. The Labute approximate surface area is 191 Å². The van der Waals surface area contributed by atoms with E-state index in [0.717, 1.165) is 73.3 Å². The van der Waals surface area contributed by atoms with Gasteiger partial charge in [-0.15, -0.1) is 10.2 Å². The number of rotatable bonds is 3. The van der Waals surface area contributed by atoms with Crippen LogP contribution >= 0.6 is 11.6 Å². The van der Waals surface area contributed by atoms with Crippen LogP contribution in [0.2, 0.25) is 5.02 Å². The fraction of sp³-hybridized carbons (Fsp3) is 0.478. The molecular formula is C23H25ClN8. The van der Waals surface area contributed by atoms with Crippen LogP contribution in [-0.4, -0.2) is 61.9 Å². The summed E-state index contributed by atoms with van der Waals surface area (Å²) in [7, 11) is 0. The second kappa shape index (κ2) is 6.65. The van der Waals surface area contributed by atoms with E-state index in [9.17, 15) is 0 Å². The molecule has 32 heavy (non-hydrogen) atoms. The van der Waals surface area contributed by atoms with E-state index in [1.54, 1.807) is 0 Å². The number of hydrogen-bond donors (Lipinski definition) is 0. The molecule has 0 amide bonds. The molecule has 0 radical (unpaired) electrons. The highest BCUT2D eigenvalue weighted by Crippen LogP contribution is 2.44. The lowest BCUT2D eigenvalue weighted by atomic mass is 9.73. The molecule has 1 aliphatic carbocycles. The summed E-state index contributed by atoms with van der Waals surface area (Å²) in [6.07, 6.45) is 6.32. The molecule has 8 nitrogen and oxygen atoms in total. The Morgan fingerprint density at radius 3 is 2.47 bits per heavy atom. The smallest absolute Gasteiger partial charge is 0.231 e. The normalized spacial score (nSPS) is 21.6. The maximum Gasteiger partial charge on any atom is 0.231 e. The number of aromatic nitrogens is 5. The lowest BCUT2D eigenvalue weighted by molar-refractivity contribution is 0.152. The Balaban J connectivity index is 1.14. The number of benzene rings is 1. The molecule has 1 spiro atoms. The first-order valence-corrected chi connectivity index (χ1v) is 11.7. The third-order valence-corrected chi connectivity index (χ3v) is 7.45. The van der Waals surface area contributed by atoms with E-state index >= 15 is 0 Å². The van der Waals surface area contributed by atoms with Gasteiger partial charge in [-0.3, -0.25) is 9.47 Å². The van der Waals surface area contributed by atoms with Crippen LogP contribution in [0.25, 0.3) is 5.69 Å². The highest BCUT2D eigenvalue weighted by atomic mass is 35.5. The molecule has 164 valence electrons. The van der Waals surface area contributed by atoms with Crippen LogP contribution in [0.4, 0.5) is 11.9 Å². The molecule has 0 unspecified atom stereocenters. The van der Waals surface area contributed by atoms with Crippen LogP contribution in [0, 0.1) is 12.3 Å². The van der Waals surface area contributed by atoms with E-state index in [4.69, 9.17) is 11.6 Å². The van der Waals surface area contributed by atoms with E-state index < -0.39 is 0 Å². The molecule has 7 rings (SSSR count). The Morgan fingerprint density at radius 2 is 1.72 bits per heavy atom. The van der Waals surface area contributed by atoms with Gasteiger partial charge in [-0.2, -0.15) is 0 Å². The van der Waals surface area contributed by atoms with Gasteiger partial charge < -0.3 is 9.80 Å². The van der Waals surface area contributed by atoms with Crippen LogP contribution in [0.15, 0.2) is 30.6 Å². The van der Waals surface area contributed by atoms with E-state index in [1.165, 1.54) is 18.4 Å². The third kappa shape index (κ3) is 2.93. The summed E-state index contributed by atoms with van der Waals surface area (Å²) in [5, 5.41) is 10.1. The van der Waals surface area contributed by atoms with Gasteiger partial charge in [0.15, 0.2) is 5.82 Å². The van der Waals surface area contributed by atoms with Gasteiger partial charge in [-0.1, -0.05) is 11.6 Å². The van der Waals surface area contributed by atoms with Crippen LogP contribution in [-0.2, 0) is 13.1 Å². The Hall–Kier alpha value is -2.71. The number of hydrogen-bond acceptors (Lipinski definition) is 7. The standard InChI is InChI=1S/C23H25ClN8/c1-15-7-25-21(26-8-15)30-11-23(12-30)13-31(14-23)22-28-27-20-10-29(18-3-4-18)9-16-6-17(24)2-5-19(16)32(20)22/h2,5-8,18H,3-4,9-14H2,1H3. The minimum absolute atomic E-state index is 0.300. The third-order valence-electron chi connectivity index (χ3n) is 7.21. The van der Waals surface area contributed by atoms with Gasteiger partial charge in [0.2, 0.25) is 11.9 Å². The highest BCUT2D eigenvalue weighted by Gasteiger charge is 2.54. The minimum atomic E-state index is 0.300. The molecular weight excluding hydrogens is 424 g/mol. The van der Waals surface area contributed by atoms with Gasteiger partial charge >= 0.3 is 0 Å². The molecule has 1 aromatic carbocycles. The monoisotopic (exact) mass is 448 g/mol. The summed E-state index contributed by atoms with van der Waals surface area (Å²) in [6, 6.07) is 6.86. The number of aryl methyl sites for hydroxylation is 1. The lowest BCUT2D eigenvalue weighted by Gasteiger charge is -2.60. The van der Waals surface area contributed by atoms with Crippen LogP contribution < -0.4 is 9.80 Å². The summed E-state index contributed by atoms with van der Waals surface area (Å²) in [5.41, 5.74) is 3.81. The zero-order valence-electron chi connectivity index (χ0n) is 18.1. The lowest BCUT2D eigenvalue weighted by Crippen LogP contribution is -2.73. The molecule has 3 aromatic rings. The van der Waals surface area contributed by atoms with Crippen molar-refractivity contribution >= 4 is 23.5 Å². The first kappa shape index (κ1) is 18.8. The van der Waals surface area contributed by atoms with Crippen LogP contribution in [0.5, 0.6) is 0 Å². The maximum atomic E-state index is 6.37. The fourth-order valence-corrected chi connectivity index (χ4v) is 5.67. The zero-order valence-corrected chi connectivity index (χ0v) is 18.8. The second-order valence-corrected chi connectivity index (χ2v) is 10.4. The van der Waals surface area contributed by atoms with Crippen molar-refractivity contribution in [3.63, 3.8) is 0 Å². The van der Waals surface area contributed by atoms with Gasteiger partial charge in [0.1, 0.15) is 0 Å². The Kier molecular flexibility index (Phi) is 3.91. The van der Waals surface area contributed by atoms with Crippen molar-refractivity contribution < 1.29 is 0 Å². The van der Waals surface area contributed by atoms with Crippen molar-refractivity contribution in [1.82, 2.24) is 29.6 Å². The Bertz CT molecular complexity index is 1190. The van der Waals surface area contributed by atoms with E-state index in [-0.39, 0.29) is 0 Å². The topological polar surface area (TPSA) is 66.2 Å². The molecule has 3 aliphatic heterocycles. The van der Waals surface area contributed by atoms with Crippen molar-refractivity contribution in [2.24, 2.45) is 5.41 Å². The molecule has 0 bridgehead atoms. The summed E-state index contributed by atoms with van der Waals surface area (Å²) >= 11 is 6.37. The number of anilines is 2. The van der Waals surface area contributed by atoms with Crippen molar-refractivity contribution in [1.29, 1.82) is 0 Å². The average molecular weight is 449 g/mol. The quantitative estimate of drug-likeness (QED) is 0.610. The van der Waals surface area contributed by atoms with Gasteiger partial charge in [0.25, 0.3) is 0 Å². The molecule has 5 heterocycles. The summed E-state index contributed by atoms with van der Waals surface area (Å²) in [4.78, 5) is 16.1. The van der Waals surface area contributed by atoms with Gasteiger partial charge in [-0.05, 0) is 49.1 Å². The molecule has 2 saturated heterocycles. The molecule has 0 N–H and O–H groups in total. The summed E-state index contributed by atoms with van der Waals surface area (Å²) < 4.78 is 2.26. The first-order chi connectivity index (χ1) is 15.6. The van der Waals surface area contributed by atoms with Crippen LogP contribution in [0.1, 0.15) is 29.8 Å². The SMILES string of the molecule is Cc1cnc(N2CC3(C2)CN(c2nnc4n2-c2ccc(Cl)cc2CN(C2CC2)C4)C3)nc1. The molecule has 4 aliphatic rings. The predicted octanol–water partition coefficient (Wildman–Crippen LogP) is 2.82. The Morgan fingerprint density at radius 1 is 0.969 bits per heavy atom. The average Bonchev–Trinajstić information content (AvgIpc) is 3.51. The number of fused-ring (bicyclic) bond motifs is 3. The van der Waals surface area contributed by atoms with Crippen molar-refractivity contribution in [3.05, 3.63) is 52.6 Å². The molecule has 1 saturated carbocycles. The summed E-state index contributed by atoms with van der Waals surface area (Å²) in [6.45, 7) is 7.73. The maximum absolute atomic E-state index is 6.37. The summed E-state index contributed by atoms with van der Waals surface area (Å²) in [5.74, 6) is 2.82. The van der Waals surface area contributed by atoms with Gasteiger partial charge in [-0.25, -0.2) is 9.97 Å². The van der Waals surface area contributed by atoms with Crippen molar-refractivity contribution in [2.75, 3.05) is 36.0 Å². The van der Waals surface area contributed by atoms with E-state index in [0.29, 0.717) is 11.5 Å². The van der Waals surface area contributed by atoms with Gasteiger partial charge in [0.05, 0.1) is 12.2 Å². The van der Waals surface area contributed by atoms with Crippen molar-refractivity contribution in [3.8, 4) is 5.69 Å². The van der Waals surface area contributed by atoms with Crippen molar-refractivity contribution in [2.45, 2.75) is 38.9 Å².